The van der Waals surface area contributed by atoms with E-state index in [1.165, 1.54) is 57.8 Å². The fourth-order valence-electron chi connectivity index (χ4n) is 3.18. The van der Waals surface area contributed by atoms with Crippen LogP contribution in [0.3, 0.4) is 0 Å². The molecule has 16 heavy (non-hydrogen) atoms. The number of hydrogen-bond acceptors (Lipinski definition) is 1. The second kappa shape index (κ2) is 8.11. The molecule has 0 radical (unpaired) electrons. The summed E-state index contributed by atoms with van der Waals surface area (Å²) in [6.07, 6.45) is 12.9. The van der Waals surface area contributed by atoms with E-state index >= 15 is 0 Å². The highest BCUT2D eigenvalue weighted by Gasteiger charge is 2.19. The molecule has 96 valence electrons. The summed E-state index contributed by atoms with van der Waals surface area (Å²) in [6, 6.07) is 0.771. The smallest absolute Gasteiger partial charge is 0.00693 e. The van der Waals surface area contributed by atoms with Gasteiger partial charge in [0.2, 0.25) is 0 Å². The van der Waals surface area contributed by atoms with Gasteiger partial charge in [-0.25, -0.2) is 0 Å². The Morgan fingerprint density at radius 1 is 1.06 bits per heavy atom. The third-order valence-electron chi connectivity index (χ3n) is 4.52. The molecule has 1 rings (SSSR count). The fraction of sp³-hybridized carbons (Fsp3) is 1.00. The van der Waals surface area contributed by atoms with Crippen molar-refractivity contribution in [2.24, 2.45) is 11.8 Å². The molecule has 0 bridgehead atoms. The van der Waals surface area contributed by atoms with Gasteiger partial charge in [-0.2, -0.15) is 0 Å². The van der Waals surface area contributed by atoms with Crippen molar-refractivity contribution < 1.29 is 0 Å². The molecule has 1 aliphatic rings. The van der Waals surface area contributed by atoms with Crippen LogP contribution < -0.4 is 5.32 Å². The lowest BCUT2D eigenvalue weighted by Crippen LogP contribution is -2.30. The molecule has 0 saturated heterocycles. The summed E-state index contributed by atoms with van der Waals surface area (Å²) in [5.74, 6) is 1.95. The molecule has 0 aromatic carbocycles. The quantitative estimate of drug-likeness (QED) is 0.678. The van der Waals surface area contributed by atoms with Crippen LogP contribution in [0, 0.1) is 11.8 Å². The molecule has 0 spiro atoms. The van der Waals surface area contributed by atoms with Gasteiger partial charge in [0.15, 0.2) is 0 Å². The predicted octanol–water partition coefficient (Wildman–Crippen LogP) is 4.37. The van der Waals surface area contributed by atoms with Gasteiger partial charge < -0.3 is 5.32 Å². The van der Waals surface area contributed by atoms with Crippen molar-refractivity contribution >= 4 is 0 Å². The van der Waals surface area contributed by atoms with Crippen molar-refractivity contribution in [3.8, 4) is 0 Å². The molecule has 1 N–H and O–H groups in total. The third kappa shape index (κ3) is 4.86. The Hall–Kier alpha value is -0.0400. The van der Waals surface area contributed by atoms with Crippen LogP contribution in [0.15, 0.2) is 0 Å². The predicted molar refractivity (Wildman–Crippen MR) is 72.7 cm³/mol. The van der Waals surface area contributed by atoms with Crippen LogP contribution in [0.2, 0.25) is 0 Å². The number of hydrogen-bond donors (Lipinski definition) is 1. The molecule has 1 saturated carbocycles. The minimum absolute atomic E-state index is 0.771. The second-order valence-electron chi connectivity index (χ2n) is 5.64. The van der Waals surface area contributed by atoms with E-state index < -0.39 is 0 Å². The minimum atomic E-state index is 0.771. The summed E-state index contributed by atoms with van der Waals surface area (Å²) in [4.78, 5) is 0. The Labute approximate surface area is 102 Å². The van der Waals surface area contributed by atoms with Crippen molar-refractivity contribution in [3.05, 3.63) is 0 Å². The van der Waals surface area contributed by atoms with Crippen LogP contribution in [0.4, 0.5) is 0 Å². The monoisotopic (exact) mass is 225 g/mol. The summed E-state index contributed by atoms with van der Waals surface area (Å²) < 4.78 is 0. The highest BCUT2D eigenvalue weighted by molar-refractivity contribution is 4.75. The molecule has 1 atom stereocenters. The maximum atomic E-state index is 3.55. The zero-order chi connectivity index (χ0) is 11.8. The fourth-order valence-corrected chi connectivity index (χ4v) is 3.18. The molecule has 0 aromatic rings. The molecule has 1 aliphatic carbocycles. The first kappa shape index (κ1) is 14.0. The van der Waals surface area contributed by atoms with Gasteiger partial charge in [-0.15, -0.1) is 0 Å². The van der Waals surface area contributed by atoms with Gasteiger partial charge in [0.1, 0.15) is 0 Å². The molecule has 1 heteroatoms. The number of rotatable bonds is 7. The summed E-state index contributed by atoms with van der Waals surface area (Å²) in [5.41, 5.74) is 0. The molecule has 0 amide bonds. The zero-order valence-corrected chi connectivity index (χ0v) is 11.6. The normalized spacial score (nSPS) is 20.2. The first-order valence-electron chi connectivity index (χ1n) is 7.47. The SMILES string of the molecule is CCC(CC)CC(CC1CCCCC1)NC. The topological polar surface area (TPSA) is 12.0 Å². The summed E-state index contributed by atoms with van der Waals surface area (Å²) in [6.45, 7) is 4.67. The van der Waals surface area contributed by atoms with E-state index in [-0.39, 0.29) is 0 Å². The minimum Gasteiger partial charge on any atom is -0.317 e. The Kier molecular flexibility index (Phi) is 7.11. The van der Waals surface area contributed by atoms with Crippen LogP contribution in [0.1, 0.15) is 71.6 Å². The van der Waals surface area contributed by atoms with Gasteiger partial charge in [0.25, 0.3) is 0 Å². The lowest BCUT2D eigenvalue weighted by Gasteiger charge is -2.28. The number of nitrogens with one attached hydrogen (secondary N) is 1. The van der Waals surface area contributed by atoms with Crippen LogP contribution in [0.25, 0.3) is 0 Å². The van der Waals surface area contributed by atoms with Gasteiger partial charge in [-0.3, -0.25) is 0 Å². The van der Waals surface area contributed by atoms with Crippen LogP contribution in [-0.2, 0) is 0 Å². The maximum absolute atomic E-state index is 3.55. The Morgan fingerprint density at radius 2 is 1.69 bits per heavy atom. The van der Waals surface area contributed by atoms with E-state index in [0.29, 0.717) is 0 Å². The molecular weight excluding hydrogens is 194 g/mol. The average Bonchev–Trinajstić information content (AvgIpc) is 2.35. The van der Waals surface area contributed by atoms with E-state index in [1.807, 2.05) is 0 Å². The molecule has 1 nitrogen and oxygen atoms in total. The molecule has 0 heterocycles. The van der Waals surface area contributed by atoms with Gasteiger partial charge in [0, 0.05) is 6.04 Å². The summed E-state index contributed by atoms with van der Waals surface area (Å²) >= 11 is 0. The van der Waals surface area contributed by atoms with Gasteiger partial charge in [0.05, 0.1) is 0 Å². The Morgan fingerprint density at radius 3 is 2.19 bits per heavy atom. The molecular formula is C15H31N. The first-order chi connectivity index (χ1) is 7.80. The largest absolute Gasteiger partial charge is 0.317 e. The van der Waals surface area contributed by atoms with E-state index in [0.717, 1.165) is 17.9 Å². The summed E-state index contributed by atoms with van der Waals surface area (Å²) in [7, 11) is 2.15. The molecule has 1 fully saturated rings. The van der Waals surface area contributed by atoms with Crippen LogP contribution in [0.5, 0.6) is 0 Å². The van der Waals surface area contributed by atoms with Crippen LogP contribution in [-0.4, -0.2) is 13.1 Å². The molecule has 1 unspecified atom stereocenters. The zero-order valence-electron chi connectivity index (χ0n) is 11.6. The van der Waals surface area contributed by atoms with E-state index in [4.69, 9.17) is 0 Å². The molecule has 0 aliphatic heterocycles. The lowest BCUT2D eigenvalue weighted by atomic mass is 9.82. The van der Waals surface area contributed by atoms with Crippen LogP contribution >= 0.6 is 0 Å². The second-order valence-corrected chi connectivity index (χ2v) is 5.64. The van der Waals surface area contributed by atoms with Gasteiger partial charge in [-0.1, -0.05) is 58.8 Å². The summed E-state index contributed by atoms with van der Waals surface area (Å²) in [5, 5.41) is 3.55. The highest BCUT2D eigenvalue weighted by atomic mass is 14.9. The van der Waals surface area contributed by atoms with Gasteiger partial charge >= 0.3 is 0 Å². The van der Waals surface area contributed by atoms with Crippen molar-refractivity contribution in [3.63, 3.8) is 0 Å². The van der Waals surface area contributed by atoms with Crippen molar-refractivity contribution in [1.29, 1.82) is 0 Å². The maximum Gasteiger partial charge on any atom is 0.00693 e. The standard InChI is InChI=1S/C15H31N/c1-4-13(5-2)11-15(16-3)12-14-9-7-6-8-10-14/h13-16H,4-12H2,1-3H3. The van der Waals surface area contributed by atoms with Crippen molar-refractivity contribution in [1.82, 2.24) is 5.32 Å². The Balaban J connectivity index is 2.29. The first-order valence-corrected chi connectivity index (χ1v) is 7.47. The average molecular weight is 225 g/mol. The molecule has 0 aromatic heterocycles. The highest BCUT2D eigenvalue weighted by Crippen LogP contribution is 2.29. The Bertz CT molecular complexity index is 157. The van der Waals surface area contributed by atoms with Crippen molar-refractivity contribution in [2.45, 2.75) is 77.7 Å². The van der Waals surface area contributed by atoms with E-state index in [2.05, 4.69) is 26.2 Å². The van der Waals surface area contributed by atoms with Gasteiger partial charge in [-0.05, 0) is 31.7 Å². The van der Waals surface area contributed by atoms with E-state index in [1.54, 1.807) is 0 Å². The van der Waals surface area contributed by atoms with Crippen molar-refractivity contribution in [2.75, 3.05) is 7.05 Å². The third-order valence-corrected chi connectivity index (χ3v) is 4.52. The van der Waals surface area contributed by atoms with E-state index in [9.17, 15) is 0 Å². The lowest BCUT2D eigenvalue weighted by molar-refractivity contribution is 0.273.